The Morgan fingerprint density at radius 2 is 1.58 bits per heavy atom. The van der Waals surface area contributed by atoms with Crippen LogP contribution in [-0.2, 0) is 4.79 Å². The van der Waals surface area contributed by atoms with Gasteiger partial charge in [0.15, 0.2) is 0 Å². The molecule has 110 valence electrons. The van der Waals surface area contributed by atoms with E-state index in [1.54, 1.807) is 0 Å². The predicted octanol–water partition coefficient (Wildman–Crippen LogP) is 3.68. The van der Waals surface area contributed by atoms with E-state index in [-0.39, 0.29) is 0 Å². The Hall–Kier alpha value is -0.570. The Balaban J connectivity index is 1.97. The topological polar surface area (TPSA) is 40.5 Å². The van der Waals surface area contributed by atoms with Crippen molar-refractivity contribution in [1.82, 2.24) is 4.90 Å². The Labute approximate surface area is 117 Å². The molecule has 0 aromatic carbocycles. The van der Waals surface area contributed by atoms with Crippen LogP contribution in [-0.4, -0.2) is 35.6 Å². The highest BCUT2D eigenvalue weighted by atomic mass is 16.4. The number of carboxylic acids is 1. The number of carbonyl (C=O) groups is 1. The number of hydrogen-bond acceptors (Lipinski definition) is 2. The molecule has 0 atom stereocenters. The lowest BCUT2D eigenvalue weighted by Crippen LogP contribution is -2.46. The Bertz CT molecular complexity index is 289. The van der Waals surface area contributed by atoms with Gasteiger partial charge in [-0.15, -0.1) is 0 Å². The van der Waals surface area contributed by atoms with Crippen molar-refractivity contribution in [3.63, 3.8) is 0 Å². The average Bonchev–Trinajstić information content (AvgIpc) is 2.68. The van der Waals surface area contributed by atoms with Gasteiger partial charge in [0.05, 0.1) is 5.41 Å². The molecule has 0 radical (unpaired) electrons. The van der Waals surface area contributed by atoms with Crippen LogP contribution < -0.4 is 0 Å². The molecular formula is C16H29NO2. The molecule has 0 aromatic rings. The van der Waals surface area contributed by atoms with Crippen molar-refractivity contribution in [2.75, 3.05) is 13.6 Å². The van der Waals surface area contributed by atoms with E-state index < -0.39 is 11.4 Å². The van der Waals surface area contributed by atoms with Gasteiger partial charge in [0.2, 0.25) is 0 Å². The third-order valence-corrected chi connectivity index (χ3v) is 5.26. The SMILES string of the molecule is CN(CC1(C(=O)O)CCCCC1)C1CCCCCC1. The molecule has 2 rings (SSSR count). The molecule has 0 unspecified atom stereocenters. The van der Waals surface area contributed by atoms with Crippen molar-refractivity contribution >= 4 is 5.97 Å². The zero-order chi connectivity index (χ0) is 13.7. The maximum atomic E-state index is 11.7. The first-order valence-corrected chi connectivity index (χ1v) is 8.08. The largest absolute Gasteiger partial charge is 0.481 e. The molecule has 1 N–H and O–H groups in total. The summed E-state index contributed by atoms with van der Waals surface area (Å²) in [6.45, 7) is 0.757. The van der Waals surface area contributed by atoms with Crippen LogP contribution in [0.3, 0.4) is 0 Å². The minimum atomic E-state index is -0.562. The summed E-state index contributed by atoms with van der Waals surface area (Å²) in [7, 11) is 2.15. The van der Waals surface area contributed by atoms with Crippen LogP contribution in [0.25, 0.3) is 0 Å². The summed E-state index contributed by atoms with van der Waals surface area (Å²) < 4.78 is 0. The van der Waals surface area contributed by atoms with Crippen molar-refractivity contribution in [1.29, 1.82) is 0 Å². The summed E-state index contributed by atoms with van der Waals surface area (Å²) in [5.41, 5.74) is -0.459. The van der Waals surface area contributed by atoms with Gasteiger partial charge >= 0.3 is 5.97 Å². The highest BCUT2D eigenvalue weighted by Gasteiger charge is 2.41. The summed E-state index contributed by atoms with van der Waals surface area (Å²) >= 11 is 0. The van der Waals surface area contributed by atoms with Gasteiger partial charge in [0.25, 0.3) is 0 Å². The normalized spacial score (nSPS) is 25.2. The molecule has 0 spiro atoms. The number of aliphatic carboxylic acids is 1. The molecular weight excluding hydrogens is 238 g/mol. The molecule has 3 heteroatoms. The lowest BCUT2D eigenvalue weighted by Gasteiger charge is -2.39. The fourth-order valence-electron chi connectivity index (χ4n) is 3.97. The van der Waals surface area contributed by atoms with Crippen LogP contribution in [0, 0.1) is 5.41 Å². The molecule has 0 aliphatic heterocycles. The van der Waals surface area contributed by atoms with Gasteiger partial charge in [-0.25, -0.2) is 0 Å². The molecule has 0 saturated heterocycles. The number of carboxylic acid groups (broad SMARTS) is 1. The van der Waals surface area contributed by atoms with Crippen LogP contribution in [0.1, 0.15) is 70.6 Å². The van der Waals surface area contributed by atoms with Gasteiger partial charge in [-0.05, 0) is 32.7 Å². The van der Waals surface area contributed by atoms with Gasteiger partial charge in [0, 0.05) is 12.6 Å². The highest BCUT2D eigenvalue weighted by molar-refractivity contribution is 5.75. The first-order chi connectivity index (χ1) is 9.14. The van der Waals surface area contributed by atoms with Crippen molar-refractivity contribution in [2.24, 2.45) is 5.41 Å². The molecule has 0 aromatic heterocycles. The van der Waals surface area contributed by atoms with Crippen molar-refractivity contribution in [2.45, 2.75) is 76.7 Å². The molecule has 2 aliphatic rings. The van der Waals surface area contributed by atoms with Crippen molar-refractivity contribution in [3.8, 4) is 0 Å². The summed E-state index contributed by atoms with van der Waals surface area (Å²) in [5.74, 6) is -0.562. The van der Waals surface area contributed by atoms with E-state index >= 15 is 0 Å². The van der Waals surface area contributed by atoms with E-state index in [9.17, 15) is 9.90 Å². The standard InChI is InChI=1S/C16H29NO2/c1-17(14-9-5-2-3-6-10-14)13-16(15(18)19)11-7-4-8-12-16/h14H,2-13H2,1H3,(H,18,19). The lowest BCUT2D eigenvalue weighted by atomic mass is 9.73. The Kier molecular flexibility index (Phi) is 5.26. The van der Waals surface area contributed by atoms with Crippen molar-refractivity contribution < 1.29 is 9.90 Å². The molecule has 0 heterocycles. The Morgan fingerprint density at radius 1 is 1.05 bits per heavy atom. The predicted molar refractivity (Wildman–Crippen MR) is 77.3 cm³/mol. The second-order valence-corrected chi connectivity index (χ2v) is 6.71. The molecule has 2 saturated carbocycles. The average molecular weight is 267 g/mol. The van der Waals surface area contributed by atoms with Crippen molar-refractivity contribution in [3.05, 3.63) is 0 Å². The number of nitrogens with zero attached hydrogens (tertiary/aromatic N) is 1. The second-order valence-electron chi connectivity index (χ2n) is 6.71. The van der Waals surface area contributed by atoms with Crippen LogP contribution in [0.5, 0.6) is 0 Å². The van der Waals surface area contributed by atoms with E-state index in [4.69, 9.17) is 0 Å². The van der Waals surface area contributed by atoms with E-state index in [0.717, 1.165) is 32.2 Å². The smallest absolute Gasteiger partial charge is 0.310 e. The van der Waals surface area contributed by atoms with Crippen LogP contribution in [0.2, 0.25) is 0 Å². The van der Waals surface area contributed by atoms with E-state index in [1.807, 2.05) is 0 Å². The number of rotatable bonds is 4. The zero-order valence-corrected chi connectivity index (χ0v) is 12.4. The summed E-state index contributed by atoms with van der Waals surface area (Å²) in [6.07, 6.45) is 13.0. The fourth-order valence-corrected chi connectivity index (χ4v) is 3.97. The van der Waals surface area contributed by atoms with E-state index in [0.29, 0.717) is 6.04 Å². The molecule has 19 heavy (non-hydrogen) atoms. The minimum Gasteiger partial charge on any atom is -0.481 e. The molecule has 0 amide bonds. The zero-order valence-electron chi connectivity index (χ0n) is 12.4. The van der Waals surface area contributed by atoms with Gasteiger partial charge < -0.3 is 10.0 Å². The van der Waals surface area contributed by atoms with E-state index in [1.165, 1.54) is 44.9 Å². The molecule has 0 bridgehead atoms. The molecule has 3 nitrogen and oxygen atoms in total. The van der Waals surface area contributed by atoms with Crippen LogP contribution in [0.4, 0.5) is 0 Å². The maximum absolute atomic E-state index is 11.7. The fraction of sp³-hybridized carbons (Fsp3) is 0.938. The van der Waals surface area contributed by atoms with E-state index in [2.05, 4.69) is 11.9 Å². The maximum Gasteiger partial charge on any atom is 0.310 e. The number of hydrogen-bond donors (Lipinski definition) is 1. The molecule has 2 aliphatic carbocycles. The first kappa shape index (κ1) is 14.8. The lowest BCUT2D eigenvalue weighted by molar-refractivity contribution is -0.152. The molecule has 2 fully saturated rings. The first-order valence-electron chi connectivity index (χ1n) is 8.08. The summed E-state index contributed by atoms with van der Waals surface area (Å²) in [4.78, 5) is 14.1. The minimum absolute atomic E-state index is 0.459. The van der Waals surface area contributed by atoms with Gasteiger partial charge in [-0.2, -0.15) is 0 Å². The quantitative estimate of drug-likeness (QED) is 0.790. The van der Waals surface area contributed by atoms with Crippen LogP contribution in [0.15, 0.2) is 0 Å². The second kappa shape index (κ2) is 6.74. The van der Waals surface area contributed by atoms with Gasteiger partial charge in [-0.1, -0.05) is 44.9 Å². The Morgan fingerprint density at radius 3 is 2.11 bits per heavy atom. The summed E-state index contributed by atoms with van der Waals surface area (Å²) in [6, 6.07) is 0.612. The highest BCUT2D eigenvalue weighted by Crippen LogP contribution is 2.38. The third-order valence-electron chi connectivity index (χ3n) is 5.26. The van der Waals surface area contributed by atoms with Gasteiger partial charge in [0.1, 0.15) is 0 Å². The summed E-state index contributed by atoms with van der Waals surface area (Å²) in [5, 5.41) is 9.66. The third kappa shape index (κ3) is 3.71. The van der Waals surface area contributed by atoms with Crippen LogP contribution >= 0.6 is 0 Å². The monoisotopic (exact) mass is 267 g/mol. The van der Waals surface area contributed by atoms with Gasteiger partial charge in [-0.3, -0.25) is 4.79 Å².